The summed E-state index contributed by atoms with van der Waals surface area (Å²) in [5.74, 6) is 0. The first-order chi connectivity index (χ1) is 9.70. The van der Waals surface area contributed by atoms with Crippen LogP contribution in [0.4, 0.5) is 0 Å². The zero-order valence-corrected chi connectivity index (χ0v) is 12.7. The van der Waals surface area contributed by atoms with Crippen molar-refractivity contribution >= 4 is 0 Å². The lowest BCUT2D eigenvalue weighted by Crippen LogP contribution is -2.50. The molecule has 0 aromatic carbocycles. The van der Waals surface area contributed by atoms with E-state index in [1.54, 1.807) is 0 Å². The highest BCUT2D eigenvalue weighted by molar-refractivity contribution is 5.08. The van der Waals surface area contributed by atoms with Gasteiger partial charge in [0.25, 0.3) is 0 Å². The molecule has 0 spiro atoms. The van der Waals surface area contributed by atoms with Gasteiger partial charge in [0.15, 0.2) is 0 Å². The first kappa shape index (κ1) is 14.0. The molecule has 1 atom stereocenters. The number of hydrogen-bond donors (Lipinski definition) is 1. The van der Waals surface area contributed by atoms with Crippen molar-refractivity contribution in [2.24, 2.45) is 5.73 Å². The largest absolute Gasteiger partial charge is 0.331 e. The molecule has 1 unspecified atom stereocenters. The van der Waals surface area contributed by atoms with Gasteiger partial charge in [0.2, 0.25) is 0 Å². The lowest BCUT2D eigenvalue weighted by Gasteiger charge is -2.39. The van der Waals surface area contributed by atoms with Gasteiger partial charge in [-0.25, -0.2) is 4.98 Å². The third-order valence-corrected chi connectivity index (χ3v) is 4.67. The van der Waals surface area contributed by atoms with Crippen molar-refractivity contribution in [3.8, 4) is 0 Å². The number of hydrogen-bond acceptors (Lipinski definition) is 4. The number of piperazine rings is 1. The fourth-order valence-electron chi connectivity index (χ4n) is 3.32. The van der Waals surface area contributed by atoms with Crippen LogP contribution in [0.2, 0.25) is 0 Å². The minimum Gasteiger partial charge on any atom is -0.331 e. The van der Waals surface area contributed by atoms with Gasteiger partial charge in [-0.2, -0.15) is 0 Å². The Labute approximate surface area is 121 Å². The molecule has 112 valence electrons. The number of rotatable bonds is 5. The quantitative estimate of drug-likeness (QED) is 0.880. The second-order valence-corrected chi connectivity index (χ2v) is 6.37. The minimum atomic E-state index is 0.307. The van der Waals surface area contributed by atoms with Crippen LogP contribution in [0.15, 0.2) is 12.5 Å². The number of nitrogens with zero attached hydrogens (tertiary/aromatic N) is 4. The van der Waals surface area contributed by atoms with Crippen LogP contribution in [-0.4, -0.2) is 58.1 Å². The standard InChI is InChI=1S/C15H27N5/c1-12(2)20-11-17-10-15(20)14(9-16)19-7-5-18(6-8-19)13-3-4-13/h10-14H,3-9,16H2,1-2H3. The third-order valence-electron chi connectivity index (χ3n) is 4.67. The molecule has 3 rings (SSSR count). The Morgan fingerprint density at radius 3 is 2.50 bits per heavy atom. The van der Waals surface area contributed by atoms with E-state index in [9.17, 15) is 0 Å². The van der Waals surface area contributed by atoms with E-state index in [1.807, 2.05) is 12.5 Å². The maximum absolute atomic E-state index is 6.07. The fourth-order valence-corrected chi connectivity index (χ4v) is 3.32. The fraction of sp³-hybridized carbons (Fsp3) is 0.800. The molecule has 1 saturated heterocycles. The summed E-state index contributed by atoms with van der Waals surface area (Å²) in [5.41, 5.74) is 7.34. The van der Waals surface area contributed by atoms with Crippen molar-refractivity contribution in [1.29, 1.82) is 0 Å². The molecule has 2 N–H and O–H groups in total. The monoisotopic (exact) mass is 277 g/mol. The molecule has 1 saturated carbocycles. The van der Waals surface area contributed by atoms with E-state index in [0.717, 1.165) is 19.1 Å². The Kier molecular flexibility index (Phi) is 4.10. The van der Waals surface area contributed by atoms with Gasteiger partial charge < -0.3 is 10.3 Å². The molecule has 1 aromatic heterocycles. The topological polar surface area (TPSA) is 50.3 Å². The van der Waals surface area contributed by atoms with Crippen LogP contribution in [0, 0.1) is 0 Å². The summed E-state index contributed by atoms with van der Waals surface area (Å²) < 4.78 is 2.25. The second kappa shape index (κ2) is 5.84. The smallest absolute Gasteiger partial charge is 0.0951 e. The van der Waals surface area contributed by atoms with Gasteiger partial charge in [0.05, 0.1) is 18.1 Å². The van der Waals surface area contributed by atoms with E-state index >= 15 is 0 Å². The van der Waals surface area contributed by atoms with Gasteiger partial charge in [-0.05, 0) is 26.7 Å². The Bertz CT molecular complexity index is 429. The maximum atomic E-state index is 6.07. The molecule has 2 aliphatic rings. The van der Waals surface area contributed by atoms with Crippen molar-refractivity contribution in [2.45, 2.75) is 44.8 Å². The molecular formula is C15H27N5. The SMILES string of the molecule is CC(C)n1cncc1C(CN)N1CCN(C2CC2)CC1. The maximum Gasteiger partial charge on any atom is 0.0951 e. The van der Waals surface area contributed by atoms with Crippen LogP contribution in [0.1, 0.15) is 44.5 Å². The van der Waals surface area contributed by atoms with Crippen molar-refractivity contribution < 1.29 is 0 Å². The van der Waals surface area contributed by atoms with E-state index in [2.05, 4.69) is 33.2 Å². The van der Waals surface area contributed by atoms with E-state index in [0.29, 0.717) is 18.6 Å². The molecule has 1 aromatic rings. The van der Waals surface area contributed by atoms with Crippen LogP contribution in [0.5, 0.6) is 0 Å². The molecule has 0 radical (unpaired) electrons. The molecule has 0 amide bonds. The van der Waals surface area contributed by atoms with Crippen molar-refractivity contribution in [3.63, 3.8) is 0 Å². The summed E-state index contributed by atoms with van der Waals surface area (Å²) in [7, 11) is 0. The van der Waals surface area contributed by atoms with Crippen LogP contribution < -0.4 is 5.73 Å². The summed E-state index contributed by atoms with van der Waals surface area (Å²) in [6.45, 7) is 9.70. The predicted molar refractivity (Wildman–Crippen MR) is 80.6 cm³/mol. The van der Waals surface area contributed by atoms with Gasteiger partial charge in [0.1, 0.15) is 0 Å². The van der Waals surface area contributed by atoms with Crippen LogP contribution >= 0.6 is 0 Å². The molecule has 2 heterocycles. The van der Waals surface area contributed by atoms with Gasteiger partial charge >= 0.3 is 0 Å². The number of imidazole rings is 1. The van der Waals surface area contributed by atoms with Gasteiger partial charge in [-0.3, -0.25) is 9.80 Å². The van der Waals surface area contributed by atoms with Crippen molar-refractivity contribution in [3.05, 3.63) is 18.2 Å². The molecule has 1 aliphatic heterocycles. The molecule has 20 heavy (non-hydrogen) atoms. The van der Waals surface area contributed by atoms with E-state index in [1.165, 1.54) is 31.6 Å². The predicted octanol–water partition coefficient (Wildman–Crippen LogP) is 1.24. The molecule has 1 aliphatic carbocycles. The third kappa shape index (κ3) is 2.75. The normalized spacial score (nSPS) is 23.4. The highest BCUT2D eigenvalue weighted by atomic mass is 15.3. The van der Waals surface area contributed by atoms with Gasteiger partial charge in [-0.15, -0.1) is 0 Å². The average Bonchev–Trinajstić information content (AvgIpc) is 3.19. The lowest BCUT2D eigenvalue weighted by atomic mass is 10.1. The van der Waals surface area contributed by atoms with Crippen molar-refractivity contribution in [2.75, 3.05) is 32.7 Å². The van der Waals surface area contributed by atoms with E-state index < -0.39 is 0 Å². The van der Waals surface area contributed by atoms with Gasteiger partial charge in [0, 0.05) is 51.0 Å². The number of aromatic nitrogens is 2. The summed E-state index contributed by atoms with van der Waals surface area (Å²) >= 11 is 0. The van der Waals surface area contributed by atoms with Crippen LogP contribution in [-0.2, 0) is 0 Å². The Balaban J connectivity index is 1.68. The zero-order chi connectivity index (χ0) is 14.1. The molecule has 5 heteroatoms. The summed E-state index contributed by atoms with van der Waals surface area (Å²) in [4.78, 5) is 9.51. The molecule has 2 fully saturated rings. The zero-order valence-electron chi connectivity index (χ0n) is 12.7. The first-order valence-electron chi connectivity index (χ1n) is 7.90. The van der Waals surface area contributed by atoms with Gasteiger partial charge in [-0.1, -0.05) is 0 Å². The van der Waals surface area contributed by atoms with Crippen molar-refractivity contribution in [1.82, 2.24) is 19.4 Å². The summed E-state index contributed by atoms with van der Waals surface area (Å²) in [6.07, 6.45) is 6.73. The summed E-state index contributed by atoms with van der Waals surface area (Å²) in [5, 5.41) is 0. The van der Waals surface area contributed by atoms with Crippen LogP contribution in [0.3, 0.4) is 0 Å². The minimum absolute atomic E-state index is 0.307. The lowest BCUT2D eigenvalue weighted by molar-refractivity contribution is 0.0905. The average molecular weight is 277 g/mol. The van der Waals surface area contributed by atoms with E-state index in [-0.39, 0.29) is 0 Å². The number of nitrogens with two attached hydrogens (primary N) is 1. The summed E-state index contributed by atoms with van der Waals surface area (Å²) in [6, 6.07) is 1.63. The highest BCUT2D eigenvalue weighted by Crippen LogP contribution is 2.29. The molecule has 5 nitrogen and oxygen atoms in total. The highest BCUT2D eigenvalue weighted by Gasteiger charge is 2.33. The Morgan fingerprint density at radius 1 is 1.25 bits per heavy atom. The Hall–Kier alpha value is -0.910. The van der Waals surface area contributed by atoms with Crippen LogP contribution in [0.25, 0.3) is 0 Å². The van der Waals surface area contributed by atoms with E-state index in [4.69, 9.17) is 5.73 Å². The molecular weight excluding hydrogens is 250 g/mol. The second-order valence-electron chi connectivity index (χ2n) is 6.37. The Morgan fingerprint density at radius 2 is 1.95 bits per heavy atom. The first-order valence-corrected chi connectivity index (χ1v) is 7.90. The molecule has 0 bridgehead atoms.